The largest absolute Gasteiger partial charge is 0.302 e. The first kappa shape index (κ1) is 15.1. The van der Waals surface area contributed by atoms with Gasteiger partial charge >= 0.3 is 0 Å². The van der Waals surface area contributed by atoms with Crippen molar-refractivity contribution in [1.29, 1.82) is 0 Å². The highest BCUT2D eigenvalue weighted by Gasteiger charge is 2.13. The first-order valence-corrected chi connectivity index (χ1v) is 7.35. The fourth-order valence-electron chi connectivity index (χ4n) is 2.29. The van der Waals surface area contributed by atoms with E-state index in [1.165, 1.54) is 11.3 Å². The summed E-state index contributed by atoms with van der Waals surface area (Å²) in [7, 11) is 2.13. The summed E-state index contributed by atoms with van der Waals surface area (Å²) >= 11 is 6.23. The molecule has 0 spiro atoms. The zero-order valence-corrected chi connectivity index (χ0v) is 13.4. The molecule has 0 unspecified atom stereocenters. The summed E-state index contributed by atoms with van der Waals surface area (Å²) in [5.41, 5.74) is 4.76. The van der Waals surface area contributed by atoms with E-state index in [9.17, 15) is 0 Å². The Balaban J connectivity index is 2.26. The van der Waals surface area contributed by atoms with Crippen LogP contribution in [-0.4, -0.2) is 28.3 Å². The van der Waals surface area contributed by atoms with Crippen molar-refractivity contribution >= 4 is 11.6 Å². The molecule has 20 heavy (non-hydrogen) atoms. The molecule has 0 saturated heterocycles. The van der Waals surface area contributed by atoms with Crippen LogP contribution in [0.5, 0.6) is 0 Å². The summed E-state index contributed by atoms with van der Waals surface area (Å²) in [6.45, 7) is 9.08. The SMILES string of the molecule is CCN(C)Cc1c(C)nn(Cc2ccccc2Cl)c1C. The molecule has 0 fully saturated rings. The number of halogens is 1. The van der Waals surface area contributed by atoms with Gasteiger partial charge in [0.15, 0.2) is 0 Å². The topological polar surface area (TPSA) is 21.1 Å². The van der Waals surface area contributed by atoms with Gasteiger partial charge in [-0.15, -0.1) is 0 Å². The second-order valence-electron chi connectivity index (χ2n) is 5.23. The van der Waals surface area contributed by atoms with E-state index >= 15 is 0 Å². The third kappa shape index (κ3) is 3.22. The van der Waals surface area contributed by atoms with Gasteiger partial charge in [-0.3, -0.25) is 4.68 Å². The first-order chi connectivity index (χ1) is 9.52. The van der Waals surface area contributed by atoms with Crippen molar-refractivity contribution in [2.75, 3.05) is 13.6 Å². The predicted molar refractivity (Wildman–Crippen MR) is 84.3 cm³/mol. The van der Waals surface area contributed by atoms with Crippen molar-refractivity contribution in [3.05, 3.63) is 51.8 Å². The van der Waals surface area contributed by atoms with Gasteiger partial charge in [0.05, 0.1) is 12.2 Å². The Kier molecular flexibility index (Phi) is 4.84. The van der Waals surface area contributed by atoms with Crippen molar-refractivity contribution in [3.8, 4) is 0 Å². The highest BCUT2D eigenvalue weighted by molar-refractivity contribution is 6.31. The van der Waals surface area contributed by atoms with E-state index in [2.05, 4.69) is 48.6 Å². The number of aromatic nitrogens is 2. The van der Waals surface area contributed by atoms with Gasteiger partial charge in [-0.25, -0.2) is 0 Å². The van der Waals surface area contributed by atoms with Crippen LogP contribution in [0, 0.1) is 13.8 Å². The Hall–Kier alpha value is -1.32. The van der Waals surface area contributed by atoms with Crippen LogP contribution in [0.15, 0.2) is 24.3 Å². The lowest BCUT2D eigenvalue weighted by Gasteiger charge is -2.14. The van der Waals surface area contributed by atoms with Crippen LogP contribution in [0.3, 0.4) is 0 Å². The standard InChI is InChI=1S/C16H22ClN3/c1-5-19(4)11-15-12(2)18-20(13(15)3)10-14-8-6-7-9-16(14)17/h6-9H,5,10-11H2,1-4H3. The number of hydrogen-bond donors (Lipinski definition) is 0. The Labute approximate surface area is 126 Å². The minimum absolute atomic E-state index is 0.724. The average molecular weight is 292 g/mol. The summed E-state index contributed by atoms with van der Waals surface area (Å²) in [5, 5.41) is 5.46. The summed E-state index contributed by atoms with van der Waals surface area (Å²) in [5.74, 6) is 0. The Bertz CT molecular complexity index is 589. The average Bonchev–Trinajstić information content (AvgIpc) is 2.69. The minimum Gasteiger partial charge on any atom is -0.302 e. The molecular formula is C16H22ClN3. The molecule has 4 heteroatoms. The highest BCUT2D eigenvalue weighted by atomic mass is 35.5. The van der Waals surface area contributed by atoms with Crippen LogP contribution in [0.4, 0.5) is 0 Å². The third-order valence-corrected chi connectivity index (χ3v) is 4.15. The van der Waals surface area contributed by atoms with E-state index in [1.807, 2.05) is 18.2 Å². The summed E-state index contributed by atoms with van der Waals surface area (Å²) in [6.07, 6.45) is 0. The monoisotopic (exact) mass is 291 g/mol. The van der Waals surface area contributed by atoms with Crippen molar-refractivity contribution in [3.63, 3.8) is 0 Å². The molecule has 0 aliphatic heterocycles. The molecule has 0 aliphatic rings. The molecule has 1 aromatic heterocycles. The molecule has 0 N–H and O–H groups in total. The van der Waals surface area contributed by atoms with Crippen LogP contribution in [0.25, 0.3) is 0 Å². The van der Waals surface area contributed by atoms with Gasteiger partial charge in [-0.1, -0.05) is 36.7 Å². The maximum Gasteiger partial charge on any atom is 0.0677 e. The van der Waals surface area contributed by atoms with Gasteiger partial charge < -0.3 is 4.90 Å². The van der Waals surface area contributed by atoms with Crippen LogP contribution in [-0.2, 0) is 13.1 Å². The summed E-state index contributed by atoms with van der Waals surface area (Å²) < 4.78 is 2.05. The maximum atomic E-state index is 6.23. The molecule has 3 nitrogen and oxygen atoms in total. The fraction of sp³-hybridized carbons (Fsp3) is 0.438. The van der Waals surface area contributed by atoms with Gasteiger partial charge in [0.1, 0.15) is 0 Å². The zero-order chi connectivity index (χ0) is 14.7. The summed E-state index contributed by atoms with van der Waals surface area (Å²) in [4.78, 5) is 2.29. The maximum absolute atomic E-state index is 6.23. The zero-order valence-electron chi connectivity index (χ0n) is 12.7. The second-order valence-corrected chi connectivity index (χ2v) is 5.64. The first-order valence-electron chi connectivity index (χ1n) is 6.97. The molecule has 0 amide bonds. The van der Waals surface area contributed by atoms with Gasteiger partial charge in [-0.2, -0.15) is 5.10 Å². The molecule has 0 atom stereocenters. The number of hydrogen-bond acceptors (Lipinski definition) is 2. The van der Waals surface area contributed by atoms with E-state index in [-0.39, 0.29) is 0 Å². The van der Waals surface area contributed by atoms with Gasteiger partial charge in [-0.05, 0) is 39.1 Å². The molecule has 0 bridgehead atoms. The fourth-order valence-corrected chi connectivity index (χ4v) is 2.48. The molecular weight excluding hydrogens is 270 g/mol. The Morgan fingerprint density at radius 2 is 1.95 bits per heavy atom. The highest BCUT2D eigenvalue weighted by Crippen LogP contribution is 2.20. The van der Waals surface area contributed by atoms with Crippen molar-refractivity contribution < 1.29 is 0 Å². The van der Waals surface area contributed by atoms with E-state index < -0.39 is 0 Å². The normalized spacial score (nSPS) is 11.3. The summed E-state index contributed by atoms with van der Waals surface area (Å²) in [6, 6.07) is 7.94. The van der Waals surface area contributed by atoms with Gasteiger partial charge in [0.2, 0.25) is 0 Å². The number of aryl methyl sites for hydroxylation is 1. The van der Waals surface area contributed by atoms with E-state index in [0.717, 1.165) is 35.9 Å². The molecule has 1 heterocycles. The van der Waals surface area contributed by atoms with Crippen molar-refractivity contribution in [2.45, 2.75) is 33.9 Å². The number of rotatable bonds is 5. The number of nitrogens with zero attached hydrogens (tertiary/aromatic N) is 3. The second kappa shape index (κ2) is 6.42. The van der Waals surface area contributed by atoms with Crippen LogP contribution in [0.1, 0.15) is 29.4 Å². The smallest absolute Gasteiger partial charge is 0.0677 e. The molecule has 2 rings (SSSR count). The predicted octanol–water partition coefficient (Wildman–Crippen LogP) is 3.65. The lowest BCUT2D eigenvalue weighted by Crippen LogP contribution is -2.17. The lowest BCUT2D eigenvalue weighted by molar-refractivity contribution is 0.344. The van der Waals surface area contributed by atoms with Gasteiger partial charge in [0, 0.05) is 22.8 Å². The Morgan fingerprint density at radius 3 is 2.60 bits per heavy atom. The van der Waals surface area contributed by atoms with E-state index in [4.69, 9.17) is 11.6 Å². The van der Waals surface area contributed by atoms with Crippen LogP contribution in [0.2, 0.25) is 5.02 Å². The van der Waals surface area contributed by atoms with Crippen molar-refractivity contribution in [2.24, 2.45) is 0 Å². The molecule has 108 valence electrons. The molecule has 0 aliphatic carbocycles. The Morgan fingerprint density at radius 1 is 1.25 bits per heavy atom. The van der Waals surface area contributed by atoms with Crippen molar-refractivity contribution in [1.82, 2.24) is 14.7 Å². The number of benzene rings is 1. The van der Waals surface area contributed by atoms with E-state index in [1.54, 1.807) is 0 Å². The van der Waals surface area contributed by atoms with E-state index in [0.29, 0.717) is 0 Å². The molecule has 1 aromatic carbocycles. The quantitative estimate of drug-likeness (QED) is 0.838. The van der Waals surface area contributed by atoms with Crippen LogP contribution >= 0.6 is 11.6 Å². The minimum atomic E-state index is 0.724. The van der Waals surface area contributed by atoms with Crippen LogP contribution < -0.4 is 0 Å². The molecule has 0 radical (unpaired) electrons. The third-order valence-electron chi connectivity index (χ3n) is 3.78. The molecule has 2 aromatic rings. The van der Waals surface area contributed by atoms with Gasteiger partial charge in [0.25, 0.3) is 0 Å². The lowest BCUT2D eigenvalue weighted by atomic mass is 10.2. The molecule has 0 saturated carbocycles.